The average molecular weight is 374 g/mol. The molecule has 4 N–H and O–H groups in total. The maximum atomic E-state index is 12.5. The number of hydrogen-bond acceptors (Lipinski definition) is 10. The third kappa shape index (κ3) is 3.44. The highest BCUT2D eigenvalue weighted by molar-refractivity contribution is 7.09. The van der Waals surface area contributed by atoms with E-state index in [-0.39, 0.29) is 28.9 Å². The number of anilines is 1. The summed E-state index contributed by atoms with van der Waals surface area (Å²) in [5.74, 6) is -1.04. The fraction of sp³-hybridized carbons (Fsp3) is 0.267. The zero-order valence-electron chi connectivity index (χ0n) is 13.7. The Labute approximate surface area is 152 Å². The van der Waals surface area contributed by atoms with Crippen molar-refractivity contribution in [3.8, 4) is 5.75 Å². The van der Waals surface area contributed by atoms with Gasteiger partial charge in [0, 0.05) is 23.8 Å². The van der Waals surface area contributed by atoms with E-state index in [0.29, 0.717) is 17.7 Å². The summed E-state index contributed by atoms with van der Waals surface area (Å²) in [6.07, 6.45) is 0.179. The molecule has 1 aliphatic heterocycles. The highest BCUT2D eigenvalue weighted by Gasteiger charge is 2.38. The minimum Gasteiger partial charge on any atom is -0.535 e. The van der Waals surface area contributed by atoms with Crippen molar-refractivity contribution in [3.05, 3.63) is 35.2 Å². The van der Waals surface area contributed by atoms with Crippen LogP contribution in [0.4, 0.5) is 5.13 Å². The first-order valence-electron chi connectivity index (χ1n) is 7.73. The standard InChI is InChI=1S/C15H15BN4O5S/c1-7(21)10-4-2-3-8-5-9(16(23)25-13(8)10)6-11(22)12(19-24)14-18-15(17)26-20-14/h2-4,9,23-24H,5-6H2,1H3,(H2,17,18,20)/b19-12+/t9-/m1/s1. The van der Waals surface area contributed by atoms with Gasteiger partial charge in [0.15, 0.2) is 22.4 Å². The molecule has 0 fully saturated rings. The van der Waals surface area contributed by atoms with Gasteiger partial charge in [-0.25, -0.2) is 0 Å². The van der Waals surface area contributed by atoms with Crippen LogP contribution in [0.1, 0.15) is 35.1 Å². The number of nitrogen functional groups attached to an aromatic ring is 1. The predicted molar refractivity (Wildman–Crippen MR) is 94.8 cm³/mol. The molecule has 1 aliphatic rings. The van der Waals surface area contributed by atoms with Crippen LogP contribution in [-0.4, -0.2) is 44.0 Å². The maximum Gasteiger partial charge on any atom is 0.526 e. The normalized spacial score (nSPS) is 16.8. The molecule has 1 aromatic carbocycles. The molecule has 0 radical (unpaired) electrons. The molecule has 11 heteroatoms. The Hall–Kier alpha value is -2.79. The Morgan fingerprint density at radius 3 is 2.88 bits per heavy atom. The molecule has 0 unspecified atom stereocenters. The molecule has 26 heavy (non-hydrogen) atoms. The molecule has 0 saturated carbocycles. The highest BCUT2D eigenvalue weighted by Crippen LogP contribution is 2.36. The monoisotopic (exact) mass is 374 g/mol. The van der Waals surface area contributed by atoms with Gasteiger partial charge in [-0.15, -0.1) is 0 Å². The predicted octanol–water partition coefficient (Wildman–Crippen LogP) is 0.946. The molecule has 1 aromatic heterocycles. The first-order chi connectivity index (χ1) is 12.4. The summed E-state index contributed by atoms with van der Waals surface area (Å²) in [5, 5.41) is 22.5. The third-order valence-corrected chi connectivity index (χ3v) is 4.61. The van der Waals surface area contributed by atoms with E-state index in [0.717, 1.165) is 17.1 Å². The van der Waals surface area contributed by atoms with Crippen molar-refractivity contribution in [1.29, 1.82) is 0 Å². The number of carbonyl (C=O) groups is 2. The van der Waals surface area contributed by atoms with Gasteiger partial charge >= 0.3 is 7.12 Å². The van der Waals surface area contributed by atoms with Crippen LogP contribution in [0.5, 0.6) is 5.75 Å². The van der Waals surface area contributed by atoms with Crippen LogP contribution in [0.3, 0.4) is 0 Å². The number of rotatable bonds is 5. The van der Waals surface area contributed by atoms with Gasteiger partial charge in [-0.3, -0.25) is 9.59 Å². The van der Waals surface area contributed by atoms with Crippen LogP contribution >= 0.6 is 11.5 Å². The zero-order chi connectivity index (χ0) is 18.8. The van der Waals surface area contributed by atoms with Crippen molar-refractivity contribution in [1.82, 2.24) is 9.36 Å². The number of aromatic nitrogens is 2. The van der Waals surface area contributed by atoms with E-state index in [1.54, 1.807) is 18.2 Å². The van der Waals surface area contributed by atoms with Gasteiger partial charge in [0.05, 0.1) is 5.56 Å². The van der Waals surface area contributed by atoms with E-state index in [1.165, 1.54) is 6.92 Å². The van der Waals surface area contributed by atoms with E-state index in [2.05, 4.69) is 14.5 Å². The minimum atomic E-state index is -1.28. The molecule has 9 nitrogen and oxygen atoms in total. The van der Waals surface area contributed by atoms with Crippen molar-refractivity contribution < 1.29 is 24.5 Å². The summed E-state index contributed by atoms with van der Waals surface area (Å²) >= 11 is 0.874. The molecule has 0 amide bonds. The van der Waals surface area contributed by atoms with E-state index in [1.807, 2.05) is 0 Å². The Morgan fingerprint density at radius 1 is 1.50 bits per heavy atom. The summed E-state index contributed by atoms with van der Waals surface area (Å²) in [5.41, 5.74) is 6.26. The molecule has 0 aliphatic carbocycles. The minimum absolute atomic E-state index is 0.0644. The van der Waals surface area contributed by atoms with Gasteiger partial charge < -0.3 is 20.6 Å². The van der Waals surface area contributed by atoms with Crippen molar-refractivity contribution in [2.24, 2.45) is 5.16 Å². The quantitative estimate of drug-likeness (QED) is 0.230. The van der Waals surface area contributed by atoms with Crippen LogP contribution in [0.15, 0.2) is 23.4 Å². The number of carbonyl (C=O) groups excluding carboxylic acids is 2. The smallest absolute Gasteiger partial charge is 0.526 e. The third-order valence-electron chi connectivity index (χ3n) is 4.07. The van der Waals surface area contributed by atoms with Gasteiger partial charge in [-0.2, -0.15) is 9.36 Å². The van der Waals surface area contributed by atoms with Crippen LogP contribution in [0.2, 0.25) is 5.82 Å². The number of fused-ring (bicyclic) bond motifs is 1. The average Bonchev–Trinajstić information content (AvgIpc) is 3.01. The van der Waals surface area contributed by atoms with E-state index < -0.39 is 18.7 Å². The van der Waals surface area contributed by atoms with Gasteiger partial charge in [-0.1, -0.05) is 17.3 Å². The Bertz CT molecular complexity index is 900. The first-order valence-corrected chi connectivity index (χ1v) is 8.50. The summed E-state index contributed by atoms with van der Waals surface area (Å²) in [6.45, 7) is 1.41. The molecular weight excluding hydrogens is 359 g/mol. The second-order valence-electron chi connectivity index (χ2n) is 5.85. The number of ketones is 2. The fourth-order valence-corrected chi connectivity index (χ4v) is 3.26. The maximum absolute atomic E-state index is 12.5. The van der Waals surface area contributed by atoms with Crippen LogP contribution in [0.25, 0.3) is 0 Å². The van der Waals surface area contributed by atoms with E-state index in [9.17, 15) is 14.6 Å². The molecule has 134 valence electrons. The topological polar surface area (TPSA) is 148 Å². The summed E-state index contributed by atoms with van der Waals surface area (Å²) in [6, 6.07) is 5.11. The lowest BCUT2D eigenvalue weighted by Gasteiger charge is -2.28. The van der Waals surface area contributed by atoms with Crippen LogP contribution in [-0.2, 0) is 11.2 Å². The molecule has 0 spiro atoms. The number of para-hydroxylation sites is 1. The Kier molecular flexibility index (Phi) is 5.00. The van der Waals surface area contributed by atoms with Gasteiger partial charge in [0.25, 0.3) is 0 Å². The second-order valence-corrected chi connectivity index (χ2v) is 6.64. The zero-order valence-corrected chi connectivity index (χ0v) is 14.6. The van der Waals surface area contributed by atoms with E-state index >= 15 is 0 Å². The van der Waals surface area contributed by atoms with Gasteiger partial charge in [0.1, 0.15) is 5.75 Å². The lowest BCUT2D eigenvalue weighted by molar-refractivity contribution is -0.113. The van der Waals surface area contributed by atoms with E-state index in [4.69, 9.17) is 15.6 Å². The fourth-order valence-electron chi connectivity index (χ4n) is 2.83. The van der Waals surface area contributed by atoms with Crippen LogP contribution < -0.4 is 10.4 Å². The van der Waals surface area contributed by atoms with Crippen molar-refractivity contribution in [3.63, 3.8) is 0 Å². The van der Waals surface area contributed by atoms with Crippen molar-refractivity contribution in [2.75, 3.05) is 5.73 Å². The lowest BCUT2D eigenvalue weighted by atomic mass is 9.64. The largest absolute Gasteiger partial charge is 0.535 e. The number of hydrogen-bond donors (Lipinski definition) is 3. The first kappa shape index (κ1) is 18.0. The Balaban J connectivity index is 1.80. The molecule has 2 heterocycles. The van der Waals surface area contributed by atoms with Crippen molar-refractivity contribution >= 4 is 41.1 Å². The highest BCUT2D eigenvalue weighted by atomic mass is 32.1. The van der Waals surface area contributed by atoms with Crippen molar-refractivity contribution in [2.45, 2.75) is 25.6 Å². The summed E-state index contributed by atoms with van der Waals surface area (Å²) in [7, 11) is -1.28. The molecular formula is C15H15BN4O5S. The molecule has 1 atom stereocenters. The summed E-state index contributed by atoms with van der Waals surface area (Å²) < 4.78 is 9.34. The number of oxime groups is 1. The second kappa shape index (κ2) is 7.22. The number of Topliss-reactive ketones (excluding diaryl/α,β-unsaturated/α-hetero) is 2. The van der Waals surface area contributed by atoms with Crippen LogP contribution in [0, 0.1) is 0 Å². The number of nitrogens with two attached hydrogens (primary N) is 1. The molecule has 3 rings (SSSR count). The molecule has 0 bridgehead atoms. The number of benzene rings is 1. The lowest BCUT2D eigenvalue weighted by Crippen LogP contribution is -2.36. The molecule has 0 saturated heterocycles. The van der Waals surface area contributed by atoms with Gasteiger partial charge in [0.2, 0.25) is 5.82 Å². The van der Waals surface area contributed by atoms with Gasteiger partial charge in [-0.05, 0) is 25.0 Å². The summed E-state index contributed by atoms with van der Waals surface area (Å²) in [4.78, 5) is 28.0. The number of nitrogens with zero attached hydrogens (tertiary/aromatic N) is 3. The molecule has 2 aromatic rings. The SMILES string of the molecule is CC(=O)c1cccc2c1OB(O)[C@@H](CC(=O)/C(=N\O)c1nsc(N)n1)C2. The Morgan fingerprint density at radius 2 is 2.27 bits per heavy atom.